The van der Waals surface area contributed by atoms with Crippen molar-refractivity contribution in [2.45, 2.75) is 25.4 Å². The van der Waals surface area contributed by atoms with Gasteiger partial charge in [0, 0.05) is 35.8 Å². The van der Waals surface area contributed by atoms with Crippen molar-refractivity contribution in [2.24, 2.45) is 0 Å². The third-order valence-electron chi connectivity index (χ3n) is 4.88. The van der Waals surface area contributed by atoms with Crippen molar-refractivity contribution in [3.05, 3.63) is 71.7 Å². The molecule has 0 saturated heterocycles. The number of aryl methyl sites for hydroxylation is 1. The van der Waals surface area contributed by atoms with Crippen LogP contribution in [0.3, 0.4) is 0 Å². The van der Waals surface area contributed by atoms with Crippen molar-refractivity contribution in [1.82, 2.24) is 19.4 Å². The summed E-state index contributed by atoms with van der Waals surface area (Å²) >= 11 is 0. The van der Waals surface area contributed by atoms with Gasteiger partial charge in [0.1, 0.15) is 0 Å². The molecule has 0 radical (unpaired) electrons. The molecule has 0 saturated carbocycles. The fourth-order valence-electron chi connectivity index (χ4n) is 3.42. The van der Waals surface area contributed by atoms with Gasteiger partial charge in [-0.3, -0.25) is 0 Å². The monoisotopic (exact) mass is 464 g/mol. The Morgan fingerprint density at radius 1 is 1.12 bits per heavy atom. The van der Waals surface area contributed by atoms with Crippen LogP contribution in [0.2, 0.25) is 0 Å². The maximum atomic E-state index is 12.7. The van der Waals surface area contributed by atoms with Gasteiger partial charge in [-0.25, -0.2) is 13.1 Å². The van der Waals surface area contributed by atoms with Gasteiger partial charge in [-0.15, -0.1) is 0 Å². The minimum absolute atomic E-state index is 0.104. The molecule has 7 nitrogen and oxygen atoms in total. The lowest BCUT2D eigenvalue weighted by molar-refractivity contribution is -0.159. The van der Waals surface area contributed by atoms with Gasteiger partial charge in [0.2, 0.25) is 15.8 Å². The number of sulfonamides is 1. The highest BCUT2D eigenvalue weighted by molar-refractivity contribution is 7.88. The first-order valence-corrected chi connectivity index (χ1v) is 11.3. The molecule has 2 heterocycles. The molecule has 11 heteroatoms. The topological polar surface area (TPSA) is 90.0 Å². The van der Waals surface area contributed by atoms with Crippen molar-refractivity contribution in [3.8, 4) is 11.4 Å². The lowest BCUT2D eigenvalue weighted by atomic mass is 10.1. The van der Waals surface area contributed by atoms with Crippen LogP contribution in [0.1, 0.15) is 17.0 Å². The van der Waals surface area contributed by atoms with E-state index in [2.05, 4.69) is 19.4 Å². The number of nitrogens with one attached hydrogen (secondary N) is 1. The highest BCUT2D eigenvalue weighted by Gasteiger charge is 2.38. The number of aromatic nitrogens is 3. The van der Waals surface area contributed by atoms with Gasteiger partial charge in [-0.1, -0.05) is 35.5 Å². The summed E-state index contributed by atoms with van der Waals surface area (Å²) in [6.45, 7) is 2.44. The number of halogens is 3. The van der Waals surface area contributed by atoms with Crippen LogP contribution in [0.4, 0.5) is 13.2 Å². The van der Waals surface area contributed by atoms with E-state index in [0.29, 0.717) is 17.7 Å². The Balaban J connectivity index is 1.48. The molecular formula is C21H19F3N4O3S. The zero-order chi connectivity index (χ0) is 22.9. The molecule has 0 amide bonds. The molecule has 0 bridgehead atoms. The van der Waals surface area contributed by atoms with Crippen LogP contribution in [0, 0.1) is 6.92 Å². The second kappa shape index (κ2) is 8.40. The summed E-state index contributed by atoms with van der Waals surface area (Å²) in [5.41, 5.74) is 2.78. The first kappa shape index (κ1) is 22.0. The maximum Gasteiger partial charge on any atom is 0.471 e. The van der Waals surface area contributed by atoms with Gasteiger partial charge in [0.25, 0.3) is 0 Å². The van der Waals surface area contributed by atoms with Gasteiger partial charge in [-0.2, -0.15) is 18.2 Å². The van der Waals surface area contributed by atoms with E-state index in [0.717, 1.165) is 16.5 Å². The van der Waals surface area contributed by atoms with E-state index in [-0.39, 0.29) is 18.1 Å². The van der Waals surface area contributed by atoms with Crippen molar-refractivity contribution < 1.29 is 26.1 Å². The molecule has 2 aromatic heterocycles. The van der Waals surface area contributed by atoms with E-state index in [4.69, 9.17) is 0 Å². The highest BCUT2D eigenvalue weighted by Crippen LogP contribution is 2.31. The van der Waals surface area contributed by atoms with Crippen LogP contribution in [0.5, 0.6) is 0 Å². The minimum Gasteiger partial charge on any atom is -0.346 e. The minimum atomic E-state index is -4.71. The van der Waals surface area contributed by atoms with Crippen LogP contribution in [0.25, 0.3) is 22.3 Å². The molecule has 4 rings (SSSR count). The number of hydrogen-bond acceptors (Lipinski definition) is 5. The number of benzene rings is 2. The van der Waals surface area contributed by atoms with E-state index < -0.39 is 22.1 Å². The molecule has 0 aliphatic carbocycles. The lowest BCUT2D eigenvalue weighted by Gasteiger charge is -2.09. The number of alkyl halides is 3. The van der Waals surface area contributed by atoms with Gasteiger partial charge in [0.05, 0.1) is 5.75 Å². The fourth-order valence-corrected chi connectivity index (χ4v) is 4.56. The number of fused-ring (bicyclic) bond motifs is 1. The molecule has 0 spiro atoms. The molecule has 0 unspecified atom stereocenters. The maximum absolute atomic E-state index is 12.7. The molecule has 168 valence electrons. The molecule has 0 aliphatic rings. The largest absolute Gasteiger partial charge is 0.471 e. The highest BCUT2D eigenvalue weighted by atomic mass is 32.2. The zero-order valence-electron chi connectivity index (χ0n) is 16.9. The van der Waals surface area contributed by atoms with Crippen molar-refractivity contribution in [2.75, 3.05) is 6.54 Å². The molecule has 2 aromatic carbocycles. The molecular weight excluding hydrogens is 445 g/mol. The van der Waals surface area contributed by atoms with Crippen LogP contribution >= 0.6 is 0 Å². The van der Waals surface area contributed by atoms with Gasteiger partial charge in [0.15, 0.2) is 0 Å². The zero-order valence-corrected chi connectivity index (χ0v) is 17.7. The van der Waals surface area contributed by atoms with E-state index in [1.54, 1.807) is 42.5 Å². The summed E-state index contributed by atoms with van der Waals surface area (Å²) in [6, 6.07) is 13.9. The van der Waals surface area contributed by atoms with Crippen molar-refractivity contribution >= 4 is 20.9 Å². The molecule has 0 fully saturated rings. The Hall–Kier alpha value is -3.18. The van der Waals surface area contributed by atoms with Gasteiger partial charge in [-0.05, 0) is 36.2 Å². The Kier molecular flexibility index (Phi) is 5.78. The Labute approximate surface area is 181 Å². The standard InChI is InChI=1S/C21H19F3N4O3S/c1-14-12-28(10-9-25-32(29,30)13-15-5-3-2-4-6-15)18-8-7-16(11-17(14)18)19-26-20(31-27-19)21(22,23)24/h2-8,11-12,25H,9-10,13H2,1H3. The molecule has 32 heavy (non-hydrogen) atoms. The average molecular weight is 464 g/mol. The number of rotatable bonds is 7. The normalized spacial score (nSPS) is 12.5. The Morgan fingerprint density at radius 3 is 2.56 bits per heavy atom. The van der Waals surface area contributed by atoms with E-state index in [9.17, 15) is 21.6 Å². The lowest BCUT2D eigenvalue weighted by Crippen LogP contribution is -2.28. The van der Waals surface area contributed by atoms with Crippen LogP contribution in [-0.2, 0) is 28.5 Å². The number of nitrogens with zero attached hydrogens (tertiary/aromatic N) is 3. The predicted octanol–water partition coefficient (Wildman–Crippen LogP) is 4.14. The van der Waals surface area contributed by atoms with E-state index >= 15 is 0 Å². The van der Waals surface area contributed by atoms with Crippen LogP contribution in [0.15, 0.2) is 59.3 Å². The Bertz CT molecular complexity index is 1350. The van der Waals surface area contributed by atoms with E-state index in [1.165, 1.54) is 0 Å². The summed E-state index contributed by atoms with van der Waals surface area (Å²) in [5, 5.41) is 4.22. The van der Waals surface area contributed by atoms with Gasteiger partial charge < -0.3 is 9.09 Å². The smallest absolute Gasteiger partial charge is 0.346 e. The quantitative estimate of drug-likeness (QED) is 0.444. The number of hydrogen-bond donors (Lipinski definition) is 1. The average Bonchev–Trinajstić information content (AvgIpc) is 3.34. The third-order valence-corrected chi connectivity index (χ3v) is 6.24. The molecule has 4 aromatic rings. The third kappa shape index (κ3) is 4.83. The fraction of sp³-hybridized carbons (Fsp3) is 0.238. The van der Waals surface area contributed by atoms with Crippen molar-refractivity contribution in [3.63, 3.8) is 0 Å². The predicted molar refractivity (Wildman–Crippen MR) is 112 cm³/mol. The summed E-state index contributed by atoms with van der Waals surface area (Å²) in [6.07, 6.45) is -2.85. The van der Waals surface area contributed by atoms with Crippen LogP contribution in [-0.4, -0.2) is 29.7 Å². The van der Waals surface area contributed by atoms with Crippen molar-refractivity contribution in [1.29, 1.82) is 0 Å². The molecule has 0 aliphatic heterocycles. The molecule has 0 atom stereocenters. The van der Waals surface area contributed by atoms with E-state index in [1.807, 2.05) is 23.8 Å². The molecule has 1 N–H and O–H groups in total. The summed E-state index contributed by atoms with van der Waals surface area (Å²) in [5.74, 6) is -1.66. The first-order chi connectivity index (χ1) is 15.1. The SMILES string of the molecule is Cc1cn(CCNS(=O)(=O)Cc2ccccc2)c2ccc(-c3noc(C(F)(F)F)n3)cc12. The second-order valence-corrected chi connectivity index (χ2v) is 9.10. The first-order valence-electron chi connectivity index (χ1n) is 9.64. The summed E-state index contributed by atoms with van der Waals surface area (Å²) < 4.78 is 71.5. The summed E-state index contributed by atoms with van der Waals surface area (Å²) in [4.78, 5) is 3.42. The Morgan fingerprint density at radius 2 is 1.88 bits per heavy atom. The second-order valence-electron chi connectivity index (χ2n) is 7.30. The summed E-state index contributed by atoms with van der Waals surface area (Å²) in [7, 11) is -3.49. The van der Waals surface area contributed by atoms with Gasteiger partial charge >= 0.3 is 12.1 Å². The van der Waals surface area contributed by atoms with Crippen LogP contribution < -0.4 is 4.72 Å².